The van der Waals surface area contributed by atoms with Crippen LogP contribution in [0.5, 0.6) is 0 Å². The fourth-order valence-electron chi connectivity index (χ4n) is 2.76. The van der Waals surface area contributed by atoms with Crippen molar-refractivity contribution >= 4 is 18.3 Å². The molecule has 1 aromatic heterocycles. The number of piperidine rings is 1. The van der Waals surface area contributed by atoms with Crippen LogP contribution in [0.3, 0.4) is 0 Å². The summed E-state index contributed by atoms with van der Waals surface area (Å²) in [5.41, 5.74) is 2.08. The molecule has 130 valence electrons. The number of carbonyl (C=O) groups excluding carboxylic acids is 1. The van der Waals surface area contributed by atoms with E-state index in [0.29, 0.717) is 11.9 Å². The van der Waals surface area contributed by atoms with Gasteiger partial charge in [0.2, 0.25) is 11.7 Å². The molecule has 1 fully saturated rings. The fraction of sp³-hybridized carbons (Fsp3) is 0.500. The summed E-state index contributed by atoms with van der Waals surface area (Å²) in [5, 5.41) is 15.7. The normalized spacial score (nSPS) is 14.9. The Morgan fingerprint density at radius 3 is 2.62 bits per heavy atom. The molecule has 1 aromatic carbocycles. The Kier molecular flexibility index (Phi) is 6.28. The highest BCUT2D eigenvalue weighted by Gasteiger charge is 2.22. The van der Waals surface area contributed by atoms with Crippen molar-refractivity contribution in [2.45, 2.75) is 32.4 Å². The van der Waals surface area contributed by atoms with Crippen molar-refractivity contribution in [2.24, 2.45) is 0 Å². The van der Waals surface area contributed by atoms with Gasteiger partial charge in [0.1, 0.15) is 6.54 Å². The summed E-state index contributed by atoms with van der Waals surface area (Å²) in [5.74, 6) is 0.562. The van der Waals surface area contributed by atoms with E-state index >= 15 is 0 Å². The second-order valence-electron chi connectivity index (χ2n) is 6.00. The molecule has 1 aliphatic heterocycles. The molecule has 0 spiro atoms. The molecule has 0 aliphatic carbocycles. The lowest BCUT2D eigenvalue weighted by atomic mass is 10.1. The third-order valence-electron chi connectivity index (χ3n) is 4.29. The molecule has 1 saturated heterocycles. The summed E-state index contributed by atoms with van der Waals surface area (Å²) < 4.78 is 0. The zero-order chi connectivity index (χ0) is 16.2. The van der Waals surface area contributed by atoms with Gasteiger partial charge >= 0.3 is 0 Å². The average molecular weight is 351 g/mol. The van der Waals surface area contributed by atoms with Crippen LogP contribution in [0.15, 0.2) is 24.3 Å². The second kappa shape index (κ2) is 8.21. The Hall–Kier alpha value is -1.99. The number of benzene rings is 1. The minimum absolute atomic E-state index is 0. The van der Waals surface area contributed by atoms with E-state index in [4.69, 9.17) is 0 Å². The summed E-state index contributed by atoms with van der Waals surface area (Å²) in [7, 11) is 1.86. The van der Waals surface area contributed by atoms with Gasteiger partial charge < -0.3 is 10.2 Å². The molecule has 0 radical (unpaired) electrons. The molecule has 0 bridgehead atoms. The van der Waals surface area contributed by atoms with Gasteiger partial charge in [-0.05, 0) is 38.1 Å². The summed E-state index contributed by atoms with van der Waals surface area (Å²) in [4.78, 5) is 15.6. The number of nitrogens with one attached hydrogen (secondary N) is 1. The van der Waals surface area contributed by atoms with E-state index in [1.165, 1.54) is 10.4 Å². The van der Waals surface area contributed by atoms with E-state index in [0.717, 1.165) is 31.5 Å². The van der Waals surface area contributed by atoms with Crippen molar-refractivity contribution in [3.63, 3.8) is 0 Å². The lowest BCUT2D eigenvalue weighted by Crippen LogP contribution is -2.45. The summed E-state index contributed by atoms with van der Waals surface area (Å²) in [6.45, 7) is 4.07. The number of amides is 1. The monoisotopic (exact) mass is 350 g/mol. The predicted molar refractivity (Wildman–Crippen MR) is 93.9 cm³/mol. The van der Waals surface area contributed by atoms with E-state index in [1.54, 1.807) is 0 Å². The van der Waals surface area contributed by atoms with Crippen LogP contribution in [-0.4, -0.2) is 57.2 Å². The largest absolute Gasteiger partial charge is 0.341 e. The van der Waals surface area contributed by atoms with Crippen molar-refractivity contribution < 1.29 is 4.79 Å². The molecule has 1 amide bonds. The number of tetrazole rings is 1. The number of nitrogens with zero attached hydrogens (tertiary/aromatic N) is 5. The zero-order valence-electron chi connectivity index (χ0n) is 14.0. The van der Waals surface area contributed by atoms with Gasteiger partial charge in [-0.15, -0.1) is 22.6 Å². The smallest absolute Gasteiger partial charge is 0.246 e. The SMILES string of the molecule is Cc1ccc(-c2nnn(CC(=O)N(C)C3CCNCC3)n2)cc1.Cl. The second-order valence-corrected chi connectivity index (χ2v) is 6.00. The number of aromatic nitrogens is 4. The van der Waals surface area contributed by atoms with E-state index in [9.17, 15) is 4.79 Å². The quantitative estimate of drug-likeness (QED) is 0.899. The Balaban J connectivity index is 0.00000208. The minimum atomic E-state index is 0. The maximum absolute atomic E-state index is 12.4. The molecule has 2 heterocycles. The van der Waals surface area contributed by atoms with Crippen molar-refractivity contribution in [1.82, 2.24) is 30.4 Å². The number of hydrogen-bond acceptors (Lipinski definition) is 5. The first-order chi connectivity index (χ1) is 11.1. The first-order valence-electron chi connectivity index (χ1n) is 7.95. The number of likely N-dealkylation sites (N-methyl/N-ethyl adjacent to an activating group) is 1. The molecule has 0 atom stereocenters. The van der Waals surface area contributed by atoms with E-state index in [2.05, 4.69) is 20.7 Å². The number of carbonyl (C=O) groups is 1. The summed E-state index contributed by atoms with van der Waals surface area (Å²) in [6, 6.07) is 8.22. The van der Waals surface area contributed by atoms with E-state index < -0.39 is 0 Å². The van der Waals surface area contributed by atoms with Gasteiger partial charge in [-0.25, -0.2) is 0 Å². The fourth-order valence-corrected chi connectivity index (χ4v) is 2.76. The molecule has 1 N–H and O–H groups in total. The third kappa shape index (κ3) is 4.30. The van der Waals surface area contributed by atoms with Crippen LogP contribution in [0.2, 0.25) is 0 Å². The van der Waals surface area contributed by atoms with E-state index in [-0.39, 0.29) is 24.9 Å². The lowest BCUT2D eigenvalue weighted by Gasteiger charge is -2.31. The Labute approximate surface area is 147 Å². The van der Waals surface area contributed by atoms with Gasteiger partial charge in [-0.2, -0.15) is 4.80 Å². The highest BCUT2D eigenvalue weighted by atomic mass is 35.5. The highest BCUT2D eigenvalue weighted by Crippen LogP contribution is 2.14. The van der Waals surface area contributed by atoms with Gasteiger partial charge in [0.25, 0.3) is 0 Å². The lowest BCUT2D eigenvalue weighted by molar-refractivity contribution is -0.133. The topological polar surface area (TPSA) is 75.9 Å². The van der Waals surface area contributed by atoms with Crippen LogP contribution in [0.4, 0.5) is 0 Å². The number of rotatable bonds is 4. The number of halogens is 1. The molecule has 1 aliphatic rings. The molecule has 24 heavy (non-hydrogen) atoms. The molecule has 2 aromatic rings. The van der Waals surface area contributed by atoms with Gasteiger partial charge in [0.05, 0.1) is 0 Å². The molecule has 0 saturated carbocycles. The van der Waals surface area contributed by atoms with Gasteiger partial charge in [0.15, 0.2) is 0 Å². The highest BCUT2D eigenvalue weighted by molar-refractivity contribution is 5.85. The first kappa shape index (κ1) is 18.4. The van der Waals surface area contributed by atoms with Gasteiger partial charge in [-0.1, -0.05) is 29.8 Å². The van der Waals surface area contributed by atoms with Crippen LogP contribution < -0.4 is 5.32 Å². The van der Waals surface area contributed by atoms with Crippen molar-refractivity contribution in [1.29, 1.82) is 0 Å². The molecule has 0 unspecified atom stereocenters. The molecule has 8 heteroatoms. The molecule has 7 nitrogen and oxygen atoms in total. The van der Waals surface area contributed by atoms with Crippen LogP contribution in [0.1, 0.15) is 18.4 Å². The minimum Gasteiger partial charge on any atom is -0.341 e. The van der Waals surface area contributed by atoms with Crippen molar-refractivity contribution in [3.05, 3.63) is 29.8 Å². The molecule has 3 rings (SSSR count). The number of aryl methyl sites for hydroxylation is 1. The average Bonchev–Trinajstić information content (AvgIpc) is 3.04. The maximum Gasteiger partial charge on any atom is 0.246 e. The van der Waals surface area contributed by atoms with Crippen LogP contribution >= 0.6 is 12.4 Å². The van der Waals surface area contributed by atoms with Crippen LogP contribution in [-0.2, 0) is 11.3 Å². The Morgan fingerprint density at radius 2 is 1.96 bits per heavy atom. The van der Waals surface area contributed by atoms with Gasteiger partial charge in [0, 0.05) is 18.7 Å². The molecular weight excluding hydrogens is 328 g/mol. The number of hydrogen-bond donors (Lipinski definition) is 1. The molecular formula is C16H23ClN6O. The van der Waals surface area contributed by atoms with Crippen molar-refractivity contribution in [3.8, 4) is 11.4 Å². The Morgan fingerprint density at radius 1 is 1.29 bits per heavy atom. The predicted octanol–water partition coefficient (Wildman–Crippen LogP) is 1.28. The van der Waals surface area contributed by atoms with Crippen molar-refractivity contribution in [2.75, 3.05) is 20.1 Å². The van der Waals surface area contributed by atoms with Crippen LogP contribution in [0, 0.1) is 6.92 Å². The first-order valence-corrected chi connectivity index (χ1v) is 7.95. The zero-order valence-corrected chi connectivity index (χ0v) is 14.8. The van der Waals surface area contributed by atoms with E-state index in [1.807, 2.05) is 43.1 Å². The Bertz CT molecular complexity index is 665. The summed E-state index contributed by atoms with van der Waals surface area (Å²) in [6.07, 6.45) is 1.98. The standard InChI is InChI=1S/C16H22N6O.ClH/c1-12-3-5-13(6-4-12)16-18-20-22(19-16)11-15(23)21(2)14-7-9-17-10-8-14;/h3-6,14,17H,7-11H2,1-2H3;1H. The maximum atomic E-state index is 12.4. The van der Waals surface area contributed by atoms with Gasteiger partial charge in [-0.3, -0.25) is 4.79 Å². The summed E-state index contributed by atoms with van der Waals surface area (Å²) >= 11 is 0. The van der Waals surface area contributed by atoms with Crippen LogP contribution in [0.25, 0.3) is 11.4 Å². The third-order valence-corrected chi connectivity index (χ3v) is 4.29.